The van der Waals surface area contributed by atoms with Crippen molar-refractivity contribution in [2.24, 2.45) is 11.8 Å². The first kappa shape index (κ1) is 34.6. The van der Waals surface area contributed by atoms with Crippen molar-refractivity contribution < 1.29 is 34.1 Å². The lowest BCUT2D eigenvalue weighted by Gasteiger charge is -2.39. The Morgan fingerprint density at radius 3 is 2.49 bits per heavy atom. The minimum atomic E-state index is -1.05. The van der Waals surface area contributed by atoms with Crippen molar-refractivity contribution in [3.63, 3.8) is 0 Å². The average molecular weight is 601 g/mol. The average Bonchev–Trinajstić information content (AvgIpc) is 2.97. The summed E-state index contributed by atoms with van der Waals surface area (Å²) in [5.74, 6) is -1.32. The summed E-state index contributed by atoms with van der Waals surface area (Å²) in [5, 5.41) is 23.6. The normalized spacial score (nSPS) is 26.6. The van der Waals surface area contributed by atoms with Crippen LogP contribution in [0.25, 0.3) is 0 Å². The van der Waals surface area contributed by atoms with Crippen LogP contribution in [0.5, 0.6) is 5.75 Å². The van der Waals surface area contributed by atoms with Crippen molar-refractivity contribution in [1.82, 2.24) is 10.2 Å². The predicted octanol–water partition coefficient (Wildman–Crippen LogP) is 4.33. The van der Waals surface area contributed by atoms with Crippen LogP contribution in [0.4, 0.5) is 0 Å². The zero-order chi connectivity index (χ0) is 31.5. The van der Waals surface area contributed by atoms with Crippen LogP contribution in [-0.2, 0) is 25.5 Å². The molecule has 0 aromatic heterocycles. The highest BCUT2D eigenvalue weighted by molar-refractivity contribution is 5.92. The monoisotopic (exact) mass is 600 g/mol. The fourth-order valence-electron chi connectivity index (χ4n) is 5.74. The maximum Gasteiger partial charge on any atom is 0.329 e. The number of cyclic esters (lactones) is 1. The standard InChI is InChI=1S/C34H52N2O7/c1-22(2)17-19-42-27-15-13-26(14-16-27)20-28-33(40)36-18-9-8-12-29(36)34(41)43-31(21-30(38)25(5)32(39)35-28)23(3)10-6-7-11-24(4)37/h13-17,23-25,28-31,37-38H,6-12,18-21H2,1-5H3,(H,35,39)/t23?,24?,25?,28-,29-,30?,31?/m0/s1. The van der Waals surface area contributed by atoms with Crippen LogP contribution < -0.4 is 10.1 Å². The number of benzene rings is 1. The number of hydrogen-bond donors (Lipinski definition) is 3. The highest BCUT2D eigenvalue weighted by atomic mass is 16.5. The van der Waals surface area contributed by atoms with E-state index in [0.717, 1.165) is 37.7 Å². The molecule has 2 aliphatic rings. The Morgan fingerprint density at radius 1 is 1.12 bits per heavy atom. The topological polar surface area (TPSA) is 125 Å². The third-order valence-electron chi connectivity index (χ3n) is 8.68. The number of hydrogen-bond acceptors (Lipinski definition) is 7. The molecule has 3 rings (SSSR count). The van der Waals surface area contributed by atoms with Gasteiger partial charge in [-0.2, -0.15) is 0 Å². The number of ether oxygens (including phenoxy) is 2. The zero-order valence-electron chi connectivity index (χ0n) is 26.6. The molecule has 7 atom stereocenters. The molecule has 3 N–H and O–H groups in total. The van der Waals surface area contributed by atoms with Crippen molar-refractivity contribution in [1.29, 1.82) is 0 Å². The number of esters is 1. The van der Waals surface area contributed by atoms with Crippen molar-refractivity contribution in [2.45, 2.75) is 123 Å². The van der Waals surface area contributed by atoms with E-state index < -0.39 is 42.1 Å². The van der Waals surface area contributed by atoms with Gasteiger partial charge in [0.1, 0.15) is 30.5 Å². The molecule has 2 saturated heterocycles. The molecule has 2 aliphatic heterocycles. The lowest BCUT2D eigenvalue weighted by Crippen LogP contribution is -2.58. The van der Waals surface area contributed by atoms with Crippen LogP contribution in [-0.4, -0.2) is 76.4 Å². The summed E-state index contributed by atoms with van der Waals surface area (Å²) in [6.07, 6.45) is 5.60. The number of unbranched alkanes of at least 4 members (excludes halogenated alkanes) is 1. The van der Waals surface area contributed by atoms with Gasteiger partial charge in [-0.15, -0.1) is 0 Å². The van der Waals surface area contributed by atoms with Crippen molar-refractivity contribution in [2.75, 3.05) is 13.2 Å². The van der Waals surface area contributed by atoms with Gasteiger partial charge in [-0.1, -0.05) is 44.4 Å². The number of amides is 2. The Morgan fingerprint density at radius 2 is 1.81 bits per heavy atom. The highest BCUT2D eigenvalue weighted by Gasteiger charge is 2.40. The molecule has 0 bridgehead atoms. The van der Waals surface area contributed by atoms with E-state index in [0.29, 0.717) is 31.7 Å². The van der Waals surface area contributed by atoms with E-state index in [1.165, 1.54) is 5.57 Å². The van der Waals surface area contributed by atoms with Gasteiger partial charge in [0.15, 0.2) is 0 Å². The largest absolute Gasteiger partial charge is 0.490 e. The molecule has 9 heteroatoms. The van der Waals surface area contributed by atoms with Gasteiger partial charge in [0, 0.05) is 19.4 Å². The molecule has 2 amide bonds. The minimum absolute atomic E-state index is 0.0553. The molecule has 0 spiro atoms. The second-order valence-corrected chi connectivity index (χ2v) is 12.7. The number of carbonyl (C=O) groups excluding carboxylic acids is 3. The lowest BCUT2D eigenvalue weighted by molar-refractivity contribution is -0.167. The van der Waals surface area contributed by atoms with E-state index in [4.69, 9.17) is 9.47 Å². The maximum atomic E-state index is 14.0. The van der Waals surface area contributed by atoms with E-state index in [1.807, 2.05) is 51.1 Å². The van der Waals surface area contributed by atoms with Gasteiger partial charge >= 0.3 is 5.97 Å². The molecule has 9 nitrogen and oxygen atoms in total. The summed E-state index contributed by atoms with van der Waals surface area (Å²) in [6.45, 7) is 10.3. The van der Waals surface area contributed by atoms with E-state index in [9.17, 15) is 24.6 Å². The van der Waals surface area contributed by atoms with Crippen LogP contribution in [0.2, 0.25) is 0 Å². The predicted molar refractivity (Wildman–Crippen MR) is 165 cm³/mol. The summed E-state index contributed by atoms with van der Waals surface area (Å²) in [7, 11) is 0. The summed E-state index contributed by atoms with van der Waals surface area (Å²) in [5.41, 5.74) is 2.01. The summed E-state index contributed by atoms with van der Waals surface area (Å²) < 4.78 is 11.8. The van der Waals surface area contributed by atoms with Gasteiger partial charge in [-0.05, 0) is 82.6 Å². The number of carbonyl (C=O) groups is 3. The number of nitrogens with one attached hydrogen (secondary N) is 1. The van der Waals surface area contributed by atoms with Crippen LogP contribution in [0.1, 0.15) is 91.5 Å². The molecule has 0 radical (unpaired) electrons. The molecule has 43 heavy (non-hydrogen) atoms. The first-order chi connectivity index (χ1) is 20.5. The number of rotatable bonds is 11. The number of allylic oxidation sites excluding steroid dienone is 1. The SMILES string of the molecule is CC(C)=CCOc1ccc(C[C@@H]2NC(=O)C(C)C(O)CC(C(C)CCCCC(C)O)OC(=O)[C@@H]3CCCCN3C2=O)cc1. The van der Waals surface area contributed by atoms with Gasteiger partial charge in [-0.25, -0.2) is 4.79 Å². The third kappa shape index (κ3) is 10.6. The Kier molecular flexibility index (Phi) is 13.5. The van der Waals surface area contributed by atoms with Gasteiger partial charge in [0.2, 0.25) is 11.8 Å². The number of nitrogens with zero attached hydrogens (tertiary/aromatic N) is 1. The number of fused-ring (bicyclic) bond motifs is 1. The van der Waals surface area contributed by atoms with Crippen molar-refractivity contribution in [3.8, 4) is 5.75 Å². The molecular formula is C34H52N2O7. The Hall–Kier alpha value is -2.91. The molecule has 1 aromatic rings. The molecule has 5 unspecified atom stereocenters. The molecule has 240 valence electrons. The summed E-state index contributed by atoms with van der Waals surface area (Å²) in [4.78, 5) is 42.6. The molecule has 0 saturated carbocycles. The second-order valence-electron chi connectivity index (χ2n) is 12.7. The first-order valence-electron chi connectivity index (χ1n) is 16.0. The highest BCUT2D eigenvalue weighted by Crippen LogP contribution is 2.27. The van der Waals surface area contributed by atoms with Gasteiger partial charge in [0.25, 0.3) is 0 Å². The van der Waals surface area contributed by atoms with Crippen LogP contribution in [0.15, 0.2) is 35.9 Å². The zero-order valence-corrected chi connectivity index (χ0v) is 26.6. The smallest absolute Gasteiger partial charge is 0.329 e. The third-order valence-corrected chi connectivity index (χ3v) is 8.68. The molecule has 2 heterocycles. The van der Waals surface area contributed by atoms with Crippen molar-refractivity contribution >= 4 is 17.8 Å². The Balaban J connectivity index is 1.80. The Bertz CT molecular complexity index is 1080. The van der Waals surface area contributed by atoms with E-state index in [1.54, 1.807) is 18.7 Å². The van der Waals surface area contributed by atoms with E-state index in [-0.39, 0.29) is 30.8 Å². The summed E-state index contributed by atoms with van der Waals surface area (Å²) in [6, 6.07) is 5.81. The summed E-state index contributed by atoms with van der Waals surface area (Å²) >= 11 is 0. The maximum absolute atomic E-state index is 14.0. The van der Waals surface area contributed by atoms with Gasteiger partial charge in [-0.3, -0.25) is 9.59 Å². The van der Waals surface area contributed by atoms with Gasteiger partial charge in [0.05, 0.1) is 18.1 Å². The van der Waals surface area contributed by atoms with Crippen LogP contribution in [0, 0.1) is 11.8 Å². The first-order valence-corrected chi connectivity index (χ1v) is 16.0. The van der Waals surface area contributed by atoms with Crippen molar-refractivity contribution in [3.05, 3.63) is 41.5 Å². The quantitative estimate of drug-likeness (QED) is 0.196. The molecule has 2 fully saturated rings. The minimum Gasteiger partial charge on any atom is -0.490 e. The number of aliphatic hydroxyl groups is 2. The molecular weight excluding hydrogens is 548 g/mol. The van der Waals surface area contributed by atoms with Crippen LogP contribution >= 0.6 is 0 Å². The Labute approximate surface area is 257 Å². The van der Waals surface area contributed by atoms with E-state index in [2.05, 4.69) is 5.32 Å². The molecule has 0 aliphatic carbocycles. The second kappa shape index (κ2) is 16.8. The lowest BCUT2D eigenvalue weighted by atomic mass is 9.89. The van der Waals surface area contributed by atoms with E-state index >= 15 is 0 Å². The fourth-order valence-corrected chi connectivity index (χ4v) is 5.74. The van der Waals surface area contributed by atoms with Crippen LogP contribution in [0.3, 0.4) is 0 Å². The number of aliphatic hydroxyl groups excluding tert-OH is 2. The number of piperidine rings is 1. The molecule has 1 aromatic carbocycles. The van der Waals surface area contributed by atoms with Gasteiger partial charge < -0.3 is 29.9 Å². The fraction of sp³-hybridized carbons (Fsp3) is 0.676.